The Balaban J connectivity index is 2.41. The van der Waals surface area contributed by atoms with Crippen LogP contribution in [0, 0.1) is 0 Å². The standard InChI is InChI=1S/C11H27N3Si/c1-3-12-11(13-4-2)14(15)10-8-6-5-7-9-10/h10-13H,3-9H2,1-2,15H3. The first kappa shape index (κ1) is 13.2. The lowest BCUT2D eigenvalue weighted by molar-refractivity contribution is 0.159. The molecule has 0 aliphatic heterocycles. The van der Waals surface area contributed by atoms with Gasteiger partial charge in [-0.25, -0.2) is 0 Å². The predicted octanol–water partition coefficient (Wildman–Crippen LogP) is 0.404. The van der Waals surface area contributed by atoms with Crippen LogP contribution in [0.3, 0.4) is 0 Å². The van der Waals surface area contributed by atoms with Gasteiger partial charge < -0.3 is 4.57 Å². The van der Waals surface area contributed by atoms with Gasteiger partial charge in [-0.1, -0.05) is 33.1 Å². The van der Waals surface area contributed by atoms with Gasteiger partial charge in [0.05, 0.1) is 10.4 Å². The van der Waals surface area contributed by atoms with Gasteiger partial charge in [0.25, 0.3) is 0 Å². The van der Waals surface area contributed by atoms with Crippen molar-refractivity contribution in [3.63, 3.8) is 0 Å². The molecule has 1 aliphatic carbocycles. The van der Waals surface area contributed by atoms with Crippen LogP contribution in [0.1, 0.15) is 46.0 Å². The predicted molar refractivity (Wildman–Crippen MR) is 69.8 cm³/mol. The average Bonchev–Trinajstić information content (AvgIpc) is 2.29. The Morgan fingerprint density at radius 3 is 2.13 bits per heavy atom. The summed E-state index contributed by atoms with van der Waals surface area (Å²) in [7, 11) is 1.15. The van der Waals surface area contributed by atoms with Crippen molar-refractivity contribution in [2.45, 2.75) is 58.3 Å². The van der Waals surface area contributed by atoms with Gasteiger partial charge >= 0.3 is 0 Å². The minimum atomic E-state index is 0.412. The van der Waals surface area contributed by atoms with Crippen molar-refractivity contribution in [1.82, 2.24) is 15.2 Å². The minimum Gasteiger partial charge on any atom is -0.304 e. The molecule has 0 atom stereocenters. The van der Waals surface area contributed by atoms with E-state index in [-0.39, 0.29) is 0 Å². The number of nitrogens with zero attached hydrogens (tertiary/aromatic N) is 1. The summed E-state index contributed by atoms with van der Waals surface area (Å²) in [5.41, 5.74) is 0. The lowest BCUT2D eigenvalue weighted by atomic mass is 9.95. The van der Waals surface area contributed by atoms with Crippen LogP contribution in [-0.4, -0.2) is 40.4 Å². The molecular weight excluding hydrogens is 202 g/mol. The highest BCUT2D eigenvalue weighted by molar-refractivity contribution is 6.04. The van der Waals surface area contributed by atoms with E-state index in [0.29, 0.717) is 6.29 Å². The fourth-order valence-electron chi connectivity index (χ4n) is 2.45. The highest BCUT2D eigenvalue weighted by Gasteiger charge is 2.22. The van der Waals surface area contributed by atoms with E-state index in [1.165, 1.54) is 32.1 Å². The maximum absolute atomic E-state index is 3.53. The van der Waals surface area contributed by atoms with Gasteiger partial charge in [0, 0.05) is 6.04 Å². The van der Waals surface area contributed by atoms with Crippen molar-refractivity contribution in [2.75, 3.05) is 13.1 Å². The Morgan fingerprint density at radius 2 is 1.67 bits per heavy atom. The molecule has 1 saturated carbocycles. The van der Waals surface area contributed by atoms with E-state index in [4.69, 9.17) is 0 Å². The molecule has 0 aromatic rings. The molecular formula is C11H27N3Si. The molecule has 4 heteroatoms. The van der Waals surface area contributed by atoms with Crippen molar-refractivity contribution < 1.29 is 0 Å². The maximum Gasteiger partial charge on any atom is 0.107 e. The molecule has 0 saturated heterocycles. The van der Waals surface area contributed by atoms with E-state index in [1.54, 1.807) is 0 Å². The van der Waals surface area contributed by atoms with Gasteiger partial charge in [0.15, 0.2) is 0 Å². The Bertz CT molecular complexity index is 154. The lowest BCUT2D eigenvalue weighted by Gasteiger charge is -2.38. The van der Waals surface area contributed by atoms with Crippen molar-refractivity contribution in [3.05, 3.63) is 0 Å². The number of rotatable bonds is 6. The van der Waals surface area contributed by atoms with Gasteiger partial charge in [-0.3, -0.25) is 10.6 Å². The molecule has 0 heterocycles. The second-order valence-electron chi connectivity index (χ2n) is 4.48. The van der Waals surface area contributed by atoms with Crippen LogP contribution in [0.15, 0.2) is 0 Å². The Morgan fingerprint density at radius 1 is 1.13 bits per heavy atom. The molecule has 1 aliphatic rings. The number of hydrogen-bond acceptors (Lipinski definition) is 3. The van der Waals surface area contributed by atoms with Crippen LogP contribution in [0.4, 0.5) is 0 Å². The van der Waals surface area contributed by atoms with E-state index < -0.39 is 0 Å². The van der Waals surface area contributed by atoms with Gasteiger partial charge in [-0.15, -0.1) is 0 Å². The van der Waals surface area contributed by atoms with Gasteiger partial charge in [-0.05, 0) is 25.9 Å². The Kier molecular flexibility index (Phi) is 6.48. The molecule has 0 radical (unpaired) electrons. The molecule has 90 valence electrons. The summed E-state index contributed by atoms with van der Waals surface area (Å²) < 4.78 is 2.62. The summed E-state index contributed by atoms with van der Waals surface area (Å²) in [6.45, 7) is 6.45. The van der Waals surface area contributed by atoms with Gasteiger partial charge in [0.2, 0.25) is 0 Å². The van der Waals surface area contributed by atoms with Crippen molar-refractivity contribution in [2.24, 2.45) is 0 Å². The zero-order valence-corrected chi connectivity index (χ0v) is 12.6. The largest absolute Gasteiger partial charge is 0.304 e. The third kappa shape index (κ3) is 4.22. The Labute approximate surface area is 97.5 Å². The zero-order chi connectivity index (χ0) is 11.1. The van der Waals surface area contributed by atoms with Crippen LogP contribution < -0.4 is 10.6 Å². The van der Waals surface area contributed by atoms with E-state index in [0.717, 1.165) is 29.5 Å². The summed E-state index contributed by atoms with van der Waals surface area (Å²) in [5.74, 6) is 0. The van der Waals surface area contributed by atoms with E-state index >= 15 is 0 Å². The van der Waals surface area contributed by atoms with Crippen molar-refractivity contribution >= 4 is 10.4 Å². The molecule has 0 bridgehead atoms. The highest BCUT2D eigenvalue weighted by Crippen LogP contribution is 2.21. The molecule has 0 amide bonds. The number of nitrogens with one attached hydrogen (secondary N) is 2. The van der Waals surface area contributed by atoms with Crippen LogP contribution >= 0.6 is 0 Å². The smallest absolute Gasteiger partial charge is 0.107 e. The van der Waals surface area contributed by atoms with Crippen LogP contribution in [0.5, 0.6) is 0 Å². The molecule has 15 heavy (non-hydrogen) atoms. The number of hydrogen-bond donors (Lipinski definition) is 2. The molecule has 3 nitrogen and oxygen atoms in total. The Hall–Kier alpha value is 0.0969. The lowest BCUT2D eigenvalue weighted by Crippen LogP contribution is -2.57. The summed E-state index contributed by atoms with van der Waals surface area (Å²) in [5, 5.41) is 7.06. The second kappa shape index (κ2) is 7.38. The topological polar surface area (TPSA) is 27.3 Å². The molecule has 0 spiro atoms. The first-order valence-electron chi connectivity index (χ1n) is 6.48. The summed E-state index contributed by atoms with van der Waals surface area (Å²) >= 11 is 0. The first-order valence-corrected chi connectivity index (χ1v) is 7.37. The first-order chi connectivity index (χ1) is 7.29. The molecule has 0 unspecified atom stereocenters. The second-order valence-corrected chi connectivity index (χ2v) is 5.51. The van der Waals surface area contributed by atoms with Crippen molar-refractivity contribution in [1.29, 1.82) is 0 Å². The fraction of sp³-hybridized carbons (Fsp3) is 1.00. The monoisotopic (exact) mass is 229 g/mol. The summed E-state index contributed by atoms with van der Waals surface area (Å²) in [6, 6.07) is 0.827. The van der Waals surface area contributed by atoms with Crippen LogP contribution in [0.2, 0.25) is 0 Å². The maximum atomic E-state index is 3.53. The highest BCUT2D eigenvalue weighted by atomic mass is 28.2. The summed E-state index contributed by atoms with van der Waals surface area (Å²) in [4.78, 5) is 0. The minimum absolute atomic E-state index is 0.412. The molecule has 1 fully saturated rings. The molecule has 2 N–H and O–H groups in total. The van der Waals surface area contributed by atoms with Gasteiger partial charge in [-0.2, -0.15) is 0 Å². The third-order valence-corrected chi connectivity index (χ3v) is 4.60. The zero-order valence-electron chi connectivity index (χ0n) is 10.6. The van der Waals surface area contributed by atoms with E-state index in [1.807, 2.05) is 0 Å². The normalized spacial score (nSPS) is 19.2. The third-order valence-electron chi connectivity index (χ3n) is 3.35. The molecule has 0 aromatic heterocycles. The quantitative estimate of drug-likeness (QED) is 0.510. The van der Waals surface area contributed by atoms with Crippen LogP contribution in [-0.2, 0) is 0 Å². The van der Waals surface area contributed by atoms with E-state index in [2.05, 4.69) is 29.0 Å². The SMILES string of the molecule is CCNC(NCC)N([SiH3])C1CCCCC1. The summed E-state index contributed by atoms with van der Waals surface area (Å²) in [6.07, 6.45) is 7.50. The van der Waals surface area contributed by atoms with E-state index in [9.17, 15) is 0 Å². The molecule has 1 rings (SSSR count). The van der Waals surface area contributed by atoms with Crippen molar-refractivity contribution in [3.8, 4) is 0 Å². The molecule has 0 aromatic carbocycles. The van der Waals surface area contributed by atoms with Crippen LogP contribution in [0.25, 0.3) is 0 Å². The fourth-order valence-corrected chi connectivity index (χ4v) is 3.33. The van der Waals surface area contributed by atoms with Gasteiger partial charge in [0.1, 0.15) is 6.29 Å². The average molecular weight is 229 g/mol.